The number of methoxy groups -OCH3 is 1. The molecular weight excluding hydrogens is 180 g/mol. The van der Waals surface area contributed by atoms with Crippen LogP contribution in [0.25, 0.3) is 0 Å². The zero-order chi connectivity index (χ0) is 10.1. The molecule has 3 nitrogen and oxygen atoms in total. The van der Waals surface area contributed by atoms with Crippen LogP contribution in [0.15, 0.2) is 0 Å². The highest BCUT2D eigenvalue weighted by atomic mass is 19.3. The minimum absolute atomic E-state index is 0.0250. The maximum absolute atomic E-state index is 12.4. The molecular formula is C8H13F2NO2. The summed E-state index contributed by atoms with van der Waals surface area (Å²) >= 11 is 0. The molecule has 1 aliphatic rings. The molecule has 1 saturated carbocycles. The second-order valence-corrected chi connectivity index (χ2v) is 3.47. The average molecular weight is 193 g/mol. The van der Waals surface area contributed by atoms with Crippen molar-refractivity contribution in [2.75, 3.05) is 7.11 Å². The first-order chi connectivity index (χ1) is 5.94. The van der Waals surface area contributed by atoms with Gasteiger partial charge in [0.15, 0.2) is 0 Å². The highest BCUT2D eigenvalue weighted by molar-refractivity contribution is 5.69. The summed E-state index contributed by atoms with van der Waals surface area (Å²) in [7, 11) is 1.25. The van der Waals surface area contributed by atoms with Crippen LogP contribution >= 0.6 is 0 Å². The van der Waals surface area contributed by atoms with Gasteiger partial charge in [0.05, 0.1) is 13.5 Å². The van der Waals surface area contributed by atoms with E-state index in [1.165, 1.54) is 7.11 Å². The topological polar surface area (TPSA) is 52.3 Å². The van der Waals surface area contributed by atoms with Gasteiger partial charge in [-0.1, -0.05) is 0 Å². The van der Waals surface area contributed by atoms with E-state index in [9.17, 15) is 13.6 Å². The molecule has 5 heteroatoms. The van der Waals surface area contributed by atoms with E-state index in [4.69, 9.17) is 5.73 Å². The highest BCUT2D eigenvalue weighted by Gasteiger charge is 2.47. The third-order valence-electron chi connectivity index (χ3n) is 2.36. The molecule has 0 saturated heterocycles. The van der Waals surface area contributed by atoms with Crippen molar-refractivity contribution in [1.82, 2.24) is 0 Å². The Kier molecular flexibility index (Phi) is 2.85. The fourth-order valence-electron chi connectivity index (χ4n) is 1.45. The zero-order valence-corrected chi connectivity index (χ0v) is 7.43. The Bertz CT molecular complexity index is 200. The van der Waals surface area contributed by atoms with Crippen molar-refractivity contribution in [2.45, 2.75) is 31.2 Å². The molecule has 0 heterocycles. The molecule has 0 aliphatic heterocycles. The van der Waals surface area contributed by atoms with Gasteiger partial charge in [0, 0.05) is 18.9 Å². The van der Waals surface area contributed by atoms with Crippen molar-refractivity contribution in [3.63, 3.8) is 0 Å². The molecule has 0 aromatic carbocycles. The van der Waals surface area contributed by atoms with E-state index < -0.39 is 17.9 Å². The van der Waals surface area contributed by atoms with E-state index in [1.54, 1.807) is 0 Å². The van der Waals surface area contributed by atoms with Crippen molar-refractivity contribution >= 4 is 5.97 Å². The second-order valence-electron chi connectivity index (χ2n) is 3.47. The standard InChI is InChI=1S/C8H13F2NO2/c1-13-7(12)2-6(11)5-3-8(9,10)4-5/h5-6H,2-4,11H2,1H3. The van der Waals surface area contributed by atoms with Gasteiger partial charge >= 0.3 is 5.97 Å². The molecule has 0 aromatic heterocycles. The first-order valence-electron chi connectivity index (χ1n) is 4.15. The summed E-state index contributed by atoms with van der Waals surface area (Å²) in [6, 6.07) is -0.493. The van der Waals surface area contributed by atoms with Crippen LogP contribution < -0.4 is 5.73 Å². The summed E-state index contributed by atoms with van der Waals surface area (Å²) in [6.07, 6.45) is -0.381. The zero-order valence-electron chi connectivity index (χ0n) is 7.43. The van der Waals surface area contributed by atoms with Gasteiger partial charge in [-0.15, -0.1) is 0 Å². The summed E-state index contributed by atoms with van der Waals surface area (Å²) in [4.78, 5) is 10.7. The number of ether oxygens (including phenoxy) is 1. The lowest BCUT2D eigenvalue weighted by Crippen LogP contribution is -2.46. The van der Waals surface area contributed by atoms with Gasteiger partial charge in [-0.3, -0.25) is 4.79 Å². The molecule has 0 spiro atoms. The number of carbonyl (C=O) groups is 1. The van der Waals surface area contributed by atoms with E-state index in [0.29, 0.717) is 0 Å². The molecule has 0 amide bonds. The van der Waals surface area contributed by atoms with Crippen LogP contribution in [0.3, 0.4) is 0 Å². The fraction of sp³-hybridized carbons (Fsp3) is 0.875. The predicted molar refractivity (Wildman–Crippen MR) is 42.3 cm³/mol. The largest absolute Gasteiger partial charge is 0.469 e. The molecule has 2 N–H and O–H groups in total. The van der Waals surface area contributed by atoms with Gasteiger partial charge in [0.2, 0.25) is 5.92 Å². The van der Waals surface area contributed by atoms with Gasteiger partial charge in [0.1, 0.15) is 0 Å². The van der Waals surface area contributed by atoms with Crippen LogP contribution in [0.2, 0.25) is 0 Å². The van der Waals surface area contributed by atoms with Crippen molar-refractivity contribution in [2.24, 2.45) is 11.7 Å². The molecule has 1 rings (SSSR count). The van der Waals surface area contributed by atoms with Crippen LogP contribution in [0.4, 0.5) is 8.78 Å². The number of halogens is 2. The lowest BCUT2D eigenvalue weighted by atomic mass is 9.76. The average Bonchev–Trinajstić information content (AvgIpc) is 1.99. The van der Waals surface area contributed by atoms with Crippen LogP contribution in [0.1, 0.15) is 19.3 Å². The quantitative estimate of drug-likeness (QED) is 0.678. The van der Waals surface area contributed by atoms with E-state index in [-0.39, 0.29) is 25.2 Å². The summed E-state index contributed by atoms with van der Waals surface area (Å²) in [6.45, 7) is 0. The van der Waals surface area contributed by atoms with Crippen LogP contribution in [-0.2, 0) is 9.53 Å². The Balaban J connectivity index is 2.27. The Morgan fingerprint density at radius 3 is 2.62 bits per heavy atom. The molecule has 1 fully saturated rings. The maximum Gasteiger partial charge on any atom is 0.307 e. The Morgan fingerprint density at radius 2 is 2.23 bits per heavy atom. The normalized spacial score (nSPS) is 23.4. The van der Waals surface area contributed by atoms with E-state index in [0.717, 1.165) is 0 Å². The van der Waals surface area contributed by atoms with E-state index >= 15 is 0 Å². The van der Waals surface area contributed by atoms with Crippen molar-refractivity contribution in [3.8, 4) is 0 Å². The molecule has 1 unspecified atom stereocenters. The van der Waals surface area contributed by atoms with Crippen molar-refractivity contribution in [1.29, 1.82) is 0 Å². The van der Waals surface area contributed by atoms with Crippen LogP contribution in [0.5, 0.6) is 0 Å². The number of rotatable bonds is 3. The lowest BCUT2D eigenvalue weighted by Gasteiger charge is -2.38. The third kappa shape index (κ3) is 2.62. The molecule has 13 heavy (non-hydrogen) atoms. The number of alkyl halides is 2. The smallest absolute Gasteiger partial charge is 0.307 e. The van der Waals surface area contributed by atoms with Crippen LogP contribution in [0, 0.1) is 5.92 Å². The van der Waals surface area contributed by atoms with Gasteiger partial charge in [-0.05, 0) is 5.92 Å². The number of hydrogen-bond acceptors (Lipinski definition) is 3. The molecule has 0 bridgehead atoms. The third-order valence-corrected chi connectivity index (χ3v) is 2.36. The first-order valence-corrected chi connectivity index (χ1v) is 4.15. The van der Waals surface area contributed by atoms with Crippen molar-refractivity contribution in [3.05, 3.63) is 0 Å². The molecule has 1 atom stereocenters. The minimum atomic E-state index is -2.57. The number of nitrogens with two attached hydrogens (primary N) is 1. The maximum atomic E-state index is 12.4. The monoisotopic (exact) mass is 193 g/mol. The number of hydrogen-bond donors (Lipinski definition) is 1. The molecule has 0 aromatic rings. The van der Waals surface area contributed by atoms with Crippen molar-refractivity contribution < 1.29 is 18.3 Å². The van der Waals surface area contributed by atoms with Gasteiger partial charge in [-0.2, -0.15) is 0 Å². The number of esters is 1. The summed E-state index contributed by atoms with van der Waals surface area (Å²) in [5.41, 5.74) is 5.54. The summed E-state index contributed by atoms with van der Waals surface area (Å²) < 4.78 is 29.2. The van der Waals surface area contributed by atoms with Gasteiger partial charge < -0.3 is 10.5 Å². The van der Waals surface area contributed by atoms with Gasteiger partial charge in [0.25, 0.3) is 0 Å². The lowest BCUT2D eigenvalue weighted by molar-refractivity contribution is -0.145. The number of carbonyl (C=O) groups excluding carboxylic acids is 1. The molecule has 1 aliphatic carbocycles. The summed E-state index contributed by atoms with van der Waals surface area (Å²) in [5, 5.41) is 0. The molecule has 76 valence electrons. The molecule has 0 radical (unpaired) electrons. The van der Waals surface area contributed by atoms with Gasteiger partial charge in [-0.25, -0.2) is 8.78 Å². The Morgan fingerprint density at radius 1 is 1.69 bits per heavy atom. The van der Waals surface area contributed by atoms with E-state index in [1.807, 2.05) is 0 Å². The fourth-order valence-corrected chi connectivity index (χ4v) is 1.45. The predicted octanol–water partition coefficient (Wildman–Crippen LogP) is 0.922. The van der Waals surface area contributed by atoms with Crippen LogP contribution in [-0.4, -0.2) is 25.0 Å². The summed E-state index contributed by atoms with van der Waals surface area (Å²) in [5.74, 6) is -3.25. The SMILES string of the molecule is COC(=O)CC(N)C1CC(F)(F)C1. The Hall–Kier alpha value is -0.710. The first kappa shape index (κ1) is 10.4. The van der Waals surface area contributed by atoms with E-state index in [2.05, 4.69) is 4.74 Å². The minimum Gasteiger partial charge on any atom is -0.469 e. The highest BCUT2D eigenvalue weighted by Crippen LogP contribution is 2.44. The second kappa shape index (κ2) is 3.57. The Labute approximate surface area is 75.2 Å².